The smallest absolute Gasteiger partial charge is 0.193 e. The summed E-state index contributed by atoms with van der Waals surface area (Å²) in [5, 5.41) is 23.7. The highest BCUT2D eigenvalue weighted by Gasteiger charge is 2.21. The van der Waals surface area contributed by atoms with Gasteiger partial charge >= 0.3 is 0 Å². The van der Waals surface area contributed by atoms with Crippen molar-refractivity contribution in [3.05, 3.63) is 0 Å². The Balaban J connectivity index is 4.98. The van der Waals surface area contributed by atoms with Crippen LogP contribution >= 0.6 is 0 Å². The van der Waals surface area contributed by atoms with Crippen molar-refractivity contribution in [2.45, 2.75) is 46.7 Å². The van der Waals surface area contributed by atoms with Gasteiger partial charge in [-0.15, -0.1) is 0 Å². The zero-order chi connectivity index (χ0) is 11.3. The monoisotopic (exact) mass is 201 g/mol. The Kier molecular flexibility index (Phi) is 4.97. The van der Waals surface area contributed by atoms with Gasteiger partial charge in [0.1, 0.15) is 5.71 Å². The molecule has 0 rings (SSSR count). The molecule has 0 atom stereocenters. The number of amidine groups is 1. The molecule has 0 aromatic rings. The maximum absolute atomic E-state index is 8.85. The van der Waals surface area contributed by atoms with Crippen LogP contribution in [0.3, 0.4) is 0 Å². The lowest BCUT2D eigenvalue weighted by molar-refractivity contribution is 0.259. The van der Waals surface area contributed by atoms with E-state index in [0.717, 1.165) is 0 Å². The van der Waals surface area contributed by atoms with Crippen molar-refractivity contribution in [2.75, 3.05) is 0 Å². The fraction of sp³-hybridized carbons (Fsp3) is 0.778. The third kappa shape index (κ3) is 2.90. The van der Waals surface area contributed by atoms with Crippen LogP contribution in [0.4, 0.5) is 0 Å². The van der Waals surface area contributed by atoms with Crippen LogP contribution in [0.2, 0.25) is 0 Å². The van der Waals surface area contributed by atoms with E-state index in [1.807, 2.05) is 32.6 Å². The quantitative estimate of drug-likeness (QED) is 0.316. The SMILES string of the molecule is CC(=N\O)/C(=N\O)N(C(C)C)C(C)C. The lowest BCUT2D eigenvalue weighted by atomic mass is 10.2. The molecule has 0 unspecified atom stereocenters. The van der Waals surface area contributed by atoms with Crippen LogP contribution in [0.5, 0.6) is 0 Å². The Morgan fingerprint density at radius 3 is 1.64 bits per heavy atom. The first kappa shape index (κ1) is 12.7. The summed E-state index contributed by atoms with van der Waals surface area (Å²) in [6, 6.07) is 0.357. The Morgan fingerprint density at radius 2 is 1.43 bits per heavy atom. The topological polar surface area (TPSA) is 68.4 Å². The van der Waals surface area contributed by atoms with E-state index in [1.54, 1.807) is 6.92 Å². The van der Waals surface area contributed by atoms with Crippen molar-refractivity contribution >= 4 is 11.5 Å². The largest absolute Gasteiger partial charge is 0.411 e. The Bertz CT molecular complexity index is 226. The molecule has 2 N–H and O–H groups in total. The molecule has 14 heavy (non-hydrogen) atoms. The summed E-state index contributed by atoms with van der Waals surface area (Å²) in [6.45, 7) is 9.52. The van der Waals surface area contributed by atoms with Gasteiger partial charge in [0, 0.05) is 12.1 Å². The normalized spacial score (nSPS) is 13.9. The molecule has 82 valence electrons. The van der Waals surface area contributed by atoms with Crippen LogP contribution in [0, 0.1) is 0 Å². The molecule has 0 fully saturated rings. The molecule has 0 aromatic heterocycles. The van der Waals surface area contributed by atoms with Crippen LogP contribution in [0.15, 0.2) is 10.3 Å². The van der Waals surface area contributed by atoms with E-state index in [9.17, 15) is 0 Å². The predicted octanol–water partition coefficient (Wildman–Crippen LogP) is 1.74. The minimum absolute atomic E-state index is 0.178. The van der Waals surface area contributed by atoms with Gasteiger partial charge in [-0.05, 0) is 34.6 Å². The summed E-state index contributed by atoms with van der Waals surface area (Å²) in [5.74, 6) is 0.303. The van der Waals surface area contributed by atoms with Gasteiger partial charge < -0.3 is 15.3 Å². The van der Waals surface area contributed by atoms with Crippen LogP contribution < -0.4 is 0 Å². The lowest BCUT2D eigenvalue weighted by Crippen LogP contribution is -2.45. The Hall–Kier alpha value is -1.26. The van der Waals surface area contributed by atoms with Crippen molar-refractivity contribution in [3.63, 3.8) is 0 Å². The van der Waals surface area contributed by atoms with Gasteiger partial charge in [-0.25, -0.2) is 0 Å². The van der Waals surface area contributed by atoms with Crippen molar-refractivity contribution in [2.24, 2.45) is 10.3 Å². The van der Waals surface area contributed by atoms with Crippen LogP contribution in [-0.4, -0.2) is 38.9 Å². The second kappa shape index (κ2) is 5.47. The molecular formula is C9H19N3O2. The van der Waals surface area contributed by atoms with Gasteiger partial charge in [-0.2, -0.15) is 0 Å². The van der Waals surface area contributed by atoms with Gasteiger partial charge in [0.25, 0.3) is 0 Å². The second-order valence-corrected chi connectivity index (χ2v) is 3.70. The zero-order valence-corrected chi connectivity index (χ0v) is 9.39. The summed E-state index contributed by atoms with van der Waals surface area (Å²) in [6.07, 6.45) is 0. The molecule has 0 aliphatic heterocycles. The van der Waals surface area contributed by atoms with Gasteiger partial charge in [0.05, 0.1) is 0 Å². The number of hydrogen-bond acceptors (Lipinski definition) is 4. The molecule has 0 spiro atoms. The van der Waals surface area contributed by atoms with Crippen molar-refractivity contribution in [1.82, 2.24) is 4.90 Å². The summed E-state index contributed by atoms with van der Waals surface area (Å²) in [5.41, 5.74) is 0.301. The molecule has 0 saturated carbocycles. The number of nitrogens with zero attached hydrogens (tertiary/aromatic N) is 3. The molecule has 0 bridgehead atoms. The van der Waals surface area contributed by atoms with Crippen molar-refractivity contribution < 1.29 is 10.4 Å². The predicted molar refractivity (Wildman–Crippen MR) is 56.2 cm³/mol. The van der Waals surface area contributed by atoms with E-state index in [2.05, 4.69) is 10.3 Å². The molecule has 0 amide bonds. The highest BCUT2D eigenvalue weighted by atomic mass is 16.4. The minimum atomic E-state index is 0.178. The molecule has 0 aromatic carbocycles. The number of oxime groups is 2. The molecule has 0 heterocycles. The molecule has 5 heteroatoms. The molecule has 0 radical (unpaired) electrons. The lowest BCUT2D eigenvalue weighted by Gasteiger charge is -2.32. The third-order valence-corrected chi connectivity index (χ3v) is 1.93. The summed E-state index contributed by atoms with van der Waals surface area (Å²) >= 11 is 0. The number of rotatable bonds is 3. The van der Waals surface area contributed by atoms with Gasteiger partial charge in [-0.3, -0.25) is 0 Å². The first-order valence-electron chi connectivity index (χ1n) is 4.65. The van der Waals surface area contributed by atoms with E-state index in [-0.39, 0.29) is 12.1 Å². The van der Waals surface area contributed by atoms with Gasteiger partial charge in [0.2, 0.25) is 0 Å². The third-order valence-electron chi connectivity index (χ3n) is 1.93. The number of hydrogen-bond donors (Lipinski definition) is 2. The second-order valence-electron chi connectivity index (χ2n) is 3.70. The van der Waals surface area contributed by atoms with Crippen molar-refractivity contribution in [3.8, 4) is 0 Å². The first-order chi connectivity index (χ1) is 6.45. The maximum atomic E-state index is 8.85. The fourth-order valence-corrected chi connectivity index (χ4v) is 1.44. The maximum Gasteiger partial charge on any atom is 0.193 e. The Morgan fingerprint density at radius 1 is 1.00 bits per heavy atom. The van der Waals surface area contributed by atoms with Crippen LogP contribution in [0.1, 0.15) is 34.6 Å². The van der Waals surface area contributed by atoms with E-state index >= 15 is 0 Å². The Labute approximate surface area is 84.7 Å². The fourth-order valence-electron chi connectivity index (χ4n) is 1.44. The zero-order valence-electron chi connectivity index (χ0n) is 9.39. The molecule has 5 nitrogen and oxygen atoms in total. The van der Waals surface area contributed by atoms with Crippen molar-refractivity contribution in [1.29, 1.82) is 0 Å². The molecular weight excluding hydrogens is 182 g/mol. The standard InChI is InChI=1S/C9H19N3O2/c1-6(2)12(7(3)4)9(11-14)8(5)10-13/h6-7,13-14H,1-5H3/b10-8+,11-9+. The van der Waals surface area contributed by atoms with E-state index in [4.69, 9.17) is 10.4 Å². The molecule has 0 aliphatic rings. The van der Waals surface area contributed by atoms with Crippen LogP contribution in [-0.2, 0) is 0 Å². The molecule has 0 saturated heterocycles. The van der Waals surface area contributed by atoms with E-state index in [0.29, 0.717) is 11.5 Å². The molecule has 0 aliphatic carbocycles. The minimum Gasteiger partial charge on any atom is -0.411 e. The highest BCUT2D eigenvalue weighted by Crippen LogP contribution is 2.07. The van der Waals surface area contributed by atoms with Gasteiger partial charge in [-0.1, -0.05) is 10.3 Å². The summed E-state index contributed by atoms with van der Waals surface area (Å²) in [4.78, 5) is 1.87. The average molecular weight is 201 g/mol. The highest BCUT2D eigenvalue weighted by molar-refractivity contribution is 6.40. The van der Waals surface area contributed by atoms with E-state index in [1.165, 1.54) is 0 Å². The average Bonchev–Trinajstić information content (AvgIpc) is 2.11. The van der Waals surface area contributed by atoms with Crippen LogP contribution in [0.25, 0.3) is 0 Å². The van der Waals surface area contributed by atoms with E-state index < -0.39 is 0 Å². The summed E-state index contributed by atoms with van der Waals surface area (Å²) in [7, 11) is 0. The van der Waals surface area contributed by atoms with Gasteiger partial charge in [0.15, 0.2) is 5.84 Å². The first-order valence-corrected chi connectivity index (χ1v) is 4.65. The summed E-state index contributed by atoms with van der Waals surface area (Å²) < 4.78 is 0.